The van der Waals surface area contributed by atoms with Gasteiger partial charge in [0.2, 0.25) is 17.7 Å². The third-order valence-corrected chi connectivity index (χ3v) is 6.08. The molecule has 0 bridgehead atoms. The van der Waals surface area contributed by atoms with Crippen molar-refractivity contribution in [1.82, 2.24) is 10.2 Å². The minimum atomic E-state index is -0.224. The molecule has 2 aliphatic heterocycles. The van der Waals surface area contributed by atoms with Crippen molar-refractivity contribution in [2.75, 3.05) is 36.4 Å². The van der Waals surface area contributed by atoms with Crippen molar-refractivity contribution in [3.05, 3.63) is 24.3 Å². The number of para-hydroxylation sites is 2. The lowest BCUT2D eigenvalue weighted by molar-refractivity contribution is -0.126. The molecule has 1 aromatic carbocycles. The van der Waals surface area contributed by atoms with Crippen molar-refractivity contribution < 1.29 is 14.4 Å². The molecule has 1 saturated heterocycles. The van der Waals surface area contributed by atoms with E-state index >= 15 is 0 Å². The lowest BCUT2D eigenvalue weighted by Crippen LogP contribution is -2.56. The first kappa shape index (κ1) is 22.3. The lowest BCUT2D eigenvalue weighted by atomic mass is 9.88. The predicted molar refractivity (Wildman–Crippen MR) is 118 cm³/mol. The van der Waals surface area contributed by atoms with E-state index in [0.717, 1.165) is 13.1 Å². The van der Waals surface area contributed by atoms with Crippen LogP contribution in [0.15, 0.2) is 24.3 Å². The van der Waals surface area contributed by atoms with Crippen molar-refractivity contribution in [3.63, 3.8) is 0 Å². The quantitative estimate of drug-likeness (QED) is 0.750. The monoisotopic (exact) mass is 414 g/mol. The Labute approximate surface area is 179 Å². The minimum Gasteiger partial charge on any atom is -0.354 e. The normalized spacial score (nSPS) is 22.3. The van der Waals surface area contributed by atoms with Crippen LogP contribution < -0.4 is 15.5 Å². The highest BCUT2D eigenvalue weighted by Crippen LogP contribution is 2.29. The van der Waals surface area contributed by atoms with E-state index in [1.807, 2.05) is 12.1 Å². The summed E-state index contributed by atoms with van der Waals surface area (Å²) in [7, 11) is 0. The fourth-order valence-electron chi connectivity index (χ4n) is 4.48. The first-order chi connectivity index (χ1) is 14.2. The molecule has 7 heteroatoms. The smallest absolute Gasteiger partial charge is 0.244 e. The number of piperidine rings is 1. The molecular weight excluding hydrogens is 380 g/mol. The maximum Gasteiger partial charge on any atom is 0.244 e. The Balaban J connectivity index is 1.50. The number of benzene rings is 1. The van der Waals surface area contributed by atoms with Crippen molar-refractivity contribution in [2.24, 2.45) is 11.8 Å². The number of fused-ring (bicyclic) bond motifs is 1. The third kappa shape index (κ3) is 5.39. The molecule has 2 heterocycles. The molecule has 1 aromatic rings. The standard InChI is InChI=1S/C23H34N4O3/c1-16-11-17(2)13-26(12-16)23(3,4)15-24-20(28)9-10-22(30)27-14-21(29)25-18-7-5-6-8-19(18)27/h5-8,16-17H,9-15H2,1-4H3,(H,24,28)(H,25,29). The van der Waals surface area contributed by atoms with Crippen LogP contribution in [-0.4, -0.2) is 54.3 Å². The van der Waals surface area contributed by atoms with Crippen LogP contribution in [0.2, 0.25) is 0 Å². The first-order valence-electron chi connectivity index (χ1n) is 10.9. The lowest BCUT2D eigenvalue weighted by Gasteiger charge is -2.45. The molecule has 2 aliphatic rings. The summed E-state index contributed by atoms with van der Waals surface area (Å²) in [6.07, 6.45) is 1.44. The molecule has 2 atom stereocenters. The van der Waals surface area contributed by atoms with Gasteiger partial charge in [0.05, 0.1) is 11.4 Å². The highest BCUT2D eigenvalue weighted by Gasteiger charge is 2.33. The summed E-state index contributed by atoms with van der Waals surface area (Å²) in [4.78, 5) is 40.9. The van der Waals surface area contributed by atoms with Crippen LogP contribution in [0.3, 0.4) is 0 Å². The second-order valence-corrected chi connectivity index (χ2v) is 9.49. The summed E-state index contributed by atoms with van der Waals surface area (Å²) in [5.74, 6) is 0.741. The van der Waals surface area contributed by atoms with Crippen LogP contribution in [0, 0.1) is 11.8 Å². The number of nitrogens with one attached hydrogen (secondary N) is 2. The van der Waals surface area contributed by atoms with Gasteiger partial charge in [0.1, 0.15) is 6.54 Å². The summed E-state index contributed by atoms with van der Waals surface area (Å²) >= 11 is 0. The topological polar surface area (TPSA) is 81.8 Å². The largest absolute Gasteiger partial charge is 0.354 e. The molecule has 3 amide bonds. The molecule has 2 unspecified atom stereocenters. The number of amides is 3. The Hall–Kier alpha value is -2.41. The van der Waals surface area contributed by atoms with Gasteiger partial charge in [-0.2, -0.15) is 0 Å². The van der Waals surface area contributed by atoms with Gasteiger partial charge < -0.3 is 15.5 Å². The van der Waals surface area contributed by atoms with Crippen molar-refractivity contribution in [3.8, 4) is 0 Å². The zero-order valence-electron chi connectivity index (χ0n) is 18.5. The number of anilines is 2. The number of hydrogen-bond acceptors (Lipinski definition) is 4. The van der Waals surface area contributed by atoms with Crippen LogP contribution in [0.4, 0.5) is 11.4 Å². The Morgan fingerprint density at radius 3 is 2.50 bits per heavy atom. The van der Waals surface area contributed by atoms with Crippen molar-refractivity contribution in [1.29, 1.82) is 0 Å². The molecular formula is C23H34N4O3. The molecule has 0 aliphatic carbocycles. The average molecular weight is 415 g/mol. The molecule has 7 nitrogen and oxygen atoms in total. The van der Waals surface area contributed by atoms with Gasteiger partial charge in [-0.05, 0) is 44.2 Å². The van der Waals surface area contributed by atoms with Gasteiger partial charge in [-0.25, -0.2) is 0 Å². The van der Waals surface area contributed by atoms with Crippen LogP contribution in [0.1, 0.15) is 47.0 Å². The van der Waals surface area contributed by atoms with Crippen LogP contribution in [-0.2, 0) is 14.4 Å². The highest BCUT2D eigenvalue weighted by molar-refractivity contribution is 6.10. The molecule has 164 valence electrons. The van der Waals surface area contributed by atoms with E-state index < -0.39 is 0 Å². The van der Waals surface area contributed by atoms with Crippen LogP contribution in [0.5, 0.6) is 0 Å². The zero-order valence-corrected chi connectivity index (χ0v) is 18.5. The second-order valence-electron chi connectivity index (χ2n) is 9.49. The fourth-order valence-corrected chi connectivity index (χ4v) is 4.48. The maximum atomic E-state index is 12.7. The Morgan fingerprint density at radius 2 is 1.80 bits per heavy atom. The van der Waals surface area contributed by atoms with E-state index in [0.29, 0.717) is 29.8 Å². The molecule has 3 rings (SSSR count). The van der Waals surface area contributed by atoms with Gasteiger partial charge in [0, 0.05) is 38.0 Å². The summed E-state index contributed by atoms with van der Waals surface area (Å²) in [5, 5.41) is 5.77. The maximum absolute atomic E-state index is 12.7. The van der Waals surface area contributed by atoms with Gasteiger partial charge in [0.15, 0.2) is 0 Å². The van der Waals surface area contributed by atoms with Gasteiger partial charge >= 0.3 is 0 Å². The van der Waals surface area contributed by atoms with E-state index in [4.69, 9.17) is 0 Å². The fraction of sp³-hybridized carbons (Fsp3) is 0.609. The average Bonchev–Trinajstić information content (AvgIpc) is 2.69. The summed E-state index contributed by atoms with van der Waals surface area (Å²) in [6.45, 7) is 11.5. The number of likely N-dealkylation sites (tertiary alicyclic amines) is 1. The number of nitrogens with zero attached hydrogens (tertiary/aromatic N) is 2. The number of carbonyl (C=O) groups is 3. The molecule has 1 fully saturated rings. The van der Waals surface area contributed by atoms with E-state index in [9.17, 15) is 14.4 Å². The first-order valence-corrected chi connectivity index (χ1v) is 10.9. The Bertz CT molecular complexity index is 797. The van der Waals surface area contributed by atoms with Gasteiger partial charge in [0.25, 0.3) is 0 Å². The van der Waals surface area contributed by atoms with E-state index in [2.05, 4.69) is 43.2 Å². The van der Waals surface area contributed by atoms with E-state index in [1.54, 1.807) is 12.1 Å². The van der Waals surface area contributed by atoms with E-state index in [-0.39, 0.29) is 42.6 Å². The minimum absolute atomic E-state index is 0.0180. The van der Waals surface area contributed by atoms with Crippen molar-refractivity contribution >= 4 is 29.1 Å². The van der Waals surface area contributed by atoms with E-state index in [1.165, 1.54) is 11.3 Å². The summed E-state index contributed by atoms with van der Waals surface area (Å²) < 4.78 is 0. The second kappa shape index (κ2) is 9.16. The molecule has 0 spiro atoms. The summed E-state index contributed by atoms with van der Waals surface area (Å²) in [6, 6.07) is 7.21. The third-order valence-electron chi connectivity index (χ3n) is 6.08. The molecule has 0 aromatic heterocycles. The van der Waals surface area contributed by atoms with Gasteiger partial charge in [-0.1, -0.05) is 26.0 Å². The molecule has 30 heavy (non-hydrogen) atoms. The Morgan fingerprint density at radius 1 is 1.13 bits per heavy atom. The van der Waals surface area contributed by atoms with Gasteiger partial charge in [-0.15, -0.1) is 0 Å². The Kier molecular flexibility index (Phi) is 6.81. The summed E-state index contributed by atoms with van der Waals surface area (Å²) in [5.41, 5.74) is 1.17. The van der Waals surface area contributed by atoms with Crippen LogP contribution >= 0.6 is 0 Å². The van der Waals surface area contributed by atoms with Crippen LogP contribution in [0.25, 0.3) is 0 Å². The zero-order chi connectivity index (χ0) is 21.9. The number of carbonyl (C=O) groups excluding carboxylic acids is 3. The van der Waals surface area contributed by atoms with Gasteiger partial charge in [-0.3, -0.25) is 19.3 Å². The number of hydrogen-bond donors (Lipinski definition) is 2. The SMILES string of the molecule is CC1CC(C)CN(C(C)(C)CNC(=O)CCC(=O)N2CC(=O)Nc3ccccc32)C1. The predicted octanol–water partition coefficient (Wildman–Crippen LogP) is 2.62. The molecule has 0 saturated carbocycles. The molecule has 0 radical (unpaired) electrons. The van der Waals surface area contributed by atoms with Crippen molar-refractivity contribution in [2.45, 2.75) is 52.5 Å². The number of rotatable bonds is 6. The molecule has 2 N–H and O–H groups in total. The highest BCUT2D eigenvalue weighted by atomic mass is 16.2.